The van der Waals surface area contributed by atoms with Gasteiger partial charge in [0.25, 0.3) is 17.7 Å². The van der Waals surface area contributed by atoms with E-state index >= 15 is 4.39 Å². The van der Waals surface area contributed by atoms with E-state index in [0.29, 0.717) is 0 Å². The topological polar surface area (TPSA) is 66.5 Å². The van der Waals surface area contributed by atoms with Gasteiger partial charge in [-0.3, -0.25) is 19.3 Å². The zero-order valence-electron chi connectivity index (χ0n) is 22.6. The molecule has 1 unspecified atom stereocenters. The second-order valence-electron chi connectivity index (χ2n) is 9.91. The first-order chi connectivity index (χ1) is 20.3. The minimum atomic E-state index is -6.90. The van der Waals surface area contributed by atoms with Crippen LogP contribution in [0.15, 0.2) is 54.6 Å². The Morgan fingerprint density at radius 3 is 1.84 bits per heavy atom. The second kappa shape index (κ2) is 10.9. The van der Waals surface area contributed by atoms with Crippen molar-refractivity contribution in [1.29, 1.82) is 0 Å². The smallest absolute Gasteiger partial charge is 0.321 e. The maximum atomic E-state index is 15.0. The van der Waals surface area contributed by atoms with Gasteiger partial charge in [-0.05, 0) is 54.8 Å². The third kappa shape index (κ3) is 5.17. The van der Waals surface area contributed by atoms with Gasteiger partial charge in [0.05, 0.1) is 17.7 Å². The summed E-state index contributed by atoms with van der Waals surface area (Å²) < 4.78 is 137. The van der Waals surface area contributed by atoms with Crippen molar-refractivity contribution in [3.63, 3.8) is 0 Å². The van der Waals surface area contributed by atoms with Gasteiger partial charge in [0.15, 0.2) is 0 Å². The van der Waals surface area contributed by atoms with Crippen LogP contribution in [0.3, 0.4) is 0 Å². The molecule has 5 nitrogen and oxygen atoms in total. The van der Waals surface area contributed by atoms with E-state index < -0.39 is 70.7 Å². The molecule has 0 aliphatic carbocycles. The molecule has 0 bridgehead atoms. The number of rotatable bonds is 7. The lowest BCUT2D eigenvalue weighted by Crippen LogP contribution is -2.59. The number of hydrogen-bond donors (Lipinski definition) is 1. The van der Waals surface area contributed by atoms with Crippen LogP contribution in [-0.4, -0.2) is 40.9 Å². The minimum Gasteiger partial charge on any atom is -0.321 e. The zero-order chi connectivity index (χ0) is 33.0. The van der Waals surface area contributed by atoms with Crippen LogP contribution in [0.25, 0.3) is 0 Å². The predicted octanol–water partition coefficient (Wildman–Crippen LogP) is 7.67. The molecule has 4 rings (SSSR count). The number of fused-ring (bicyclic) bond motifs is 1. The van der Waals surface area contributed by atoms with Gasteiger partial charge in [-0.2, -0.15) is 35.1 Å². The molecular weight excluding hydrogens is 614 g/mol. The van der Waals surface area contributed by atoms with Gasteiger partial charge in [0.1, 0.15) is 5.82 Å². The number of halogens is 10. The quantitative estimate of drug-likeness (QED) is 0.214. The molecule has 234 valence electrons. The van der Waals surface area contributed by atoms with Crippen LogP contribution in [0, 0.1) is 12.7 Å². The summed E-state index contributed by atoms with van der Waals surface area (Å²) in [5.41, 5.74) is -9.66. The fourth-order valence-electron chi connectivity index (χ4n) is 4.79. The Kier molecular flexibility index (Phi) is 8.07. The first kappa shape index (κ1) is 32.5. The van der Waals surface area contributed by atoms with Gasteiger partial charge in [0, 0.05) is 22.4 Å². The average Bonchev–Trinajstić information content (AvgIpc) is 3.17. The third-order valence-electron chi connectivity index (χ3n) is 7.14. The number of aryl methyl sites for hydroxylation is 2. The Balaban J connectivity index is 1.62. The van der Waals surface area contributed by atoms with Gasteiger partial charge in [-0.25, -0.2) is 8.78 Å². The van der Waals surface area contributed by atoms with Crippen molar-refractivity contribution in [2.75, 3.05) is 5.32 Å². The highest BCUT2D eigenvalue weighted by molar-refractivity contribution is 6.21. The Morgan fingerprint density at radius 2 is 1.36 bits per heavy atom. The van der Waals surface area contributed by atoms with Gasteiger partial charge in [-0.1, -0.05) is 31.2 Å². The normalized spacial score (nSPS) is 15.3. The molecule has 1 aliphatic rings. The fraction of sp³-hybridized carbons (Fsp3) is 0.276. The number of carbonyl (C=O) groups is 3. The number of alkyl halides is 9. The number of imide groups is 1. The highest BCUT2D eigenvalue weighted by Gasteiger charge is 2.81. The van der Waals surface area contributed by atoms with Crippen LogP contribution in [0.1, 0.15) is 60.3 Å². The van der Waals surface area contributed by atoms with E-state index in [9.17, 15) is 53.9 Å². The number of hydrogen-bond acceptors (Lipinski definition) is 3. The summed E-state index contributed by atoms with van der Waals surface area (Å²) in [6.07, 6.45) is -13.9. The standard InChI is InChI=1S/C29H20F10N2O3/c1-3-15-11-18(26(31,28(34,35)36)27(32,33)29(37,38)39)10-14(2)22(15)40-23(42)16-8-9-17(21(30)12-16)13-41-24(43)19-6-4-5-7-20(19)25(41)44/h4-12H,3,13H2,1-2H3,(H,40,42). The maximum absolute atomic E-state index is 15.0. The van der Waals surface area contributed by atoms with Crippen LogP contribution in [0.4, 0.5) is 49.6 Å². The van der Waals surface area contributed by atoms with Crippen molar-refractivity contribution >= 4 is 23.4 Å². The number of benzene rings is 3. The molecule has 3 aromatic rings. The Hall–Kier alpha value is -4.43. The summed E-state index contributed by atoms with van der Waals surface area (Å²) in [6.45, 7) is 1.73. The summed E-state index contributed by atoms with van der Waals surface area (Å²) in [6, 6.07) is 9.15. The van der Waals surface area contributed by atoms with E-state index in [1.807, 2.05) is 0 Å². The number of amides is 3. The highest BCUT2D eigenvalue weighted by atomic mass is 19.4. The lowest BCUT2D eigenvalue weighted by Gasteiger charge is -2.36. The van der Waals surface area contributed by atoms with Crippen molar-refractivity contribution in [2.45, 2.75) is 50.8 Å². The van der Waals surface area contributed by atoms with Crippen molar-refractivity contribution < 1.29 is 58.3 Å². The van der Waals surface area contributed by atoms with Crippen molar-refractivity contribution in [3.8, 4) is 0 Å². The van der Waals surface area contributed by atoms with E-state index in [-0.39, 0.29) is 46.5 Å². The predicted molar refractivity (Wildman–Crippen MR) is 135 cm³/mol. The first-order valence-corrected chi connectivity index (χ1v) is 12.6. The zero-order valence-corrected chi connectivity index (χ0v) is 22.6. The summed E-state index contributed by atoms with van der Waals surface area (Å²) in [7, 11) is 0. The number of nitrogens with one attached hydrogen (secondary N) is 1. The molecule has 0 aromatic heterocycles. The molecule has 15 heteroatoms. The van der Waals surface area contributed by atoms with Crippen LogP contribution in [-0.2, 0) is 18.6 Å². The molecule has 0 saturated heterocycles. The van der Waals surface area contributed by atoms with Crippen LogP contribution < -0.4 is 5.32 Å². The van der Waals surface area contributed by atoms with E-state index in [1.165, 1.54) is 19.1 Å². The molecular formula is C29H20F10N2O3. The van der Waals surface area contributed by atoms with Crippen molar-refractivity contribution in [1.82, 2.24) is 4.90 Å². The molecule has 44 heavy (non-hydrogen) atoms. The first-order valence-electron chi connectivity index (χ1n) is 12.6. The molecule has 1 aliphatic heterocycles. The summed E-state index contributed by atoms with van der Waals surface area (Å²) in [4.78, 5) is 38.9. The summed E-state index contributed by atoms with van der Waals surface area (Å²) in [5.74, 6) is -10.3. The van der Waals surface area contributed by atoms with Crippen LogP contribution in [0.2, 0.25) is 0 Å². The summed E-state index contributed by atoms with van der Waals surface area (Å²) >= 11 is 0. The van der Waals surface area contributed by atoms with Crippen molar-refractivity contribution in [3.05, 3.63) is 99.4 Å². The van der Waals surface area contributed by atoms with Gasteiger partial charge >= 0.3 is 23.9 Å². The van der Waals surface area contributed by atoms with Gasteiger partial charge < -0.3 is 5.32 Å². The van der Waals surface area contributed by atoms with Crippen LogP contribution >= 0.6 is 0 Å². The number of carbonyl (C=O) groups excluding carboxylic acids is 3. The second-order valence-corrected chi connectivity index (χ2v) is 9.91. The van der Waals surface area contributed by atoms with E-state index in [2.05, 4.69) is 5.32 Å². The molecule has 1 heterocycles. The Bertz CT molecular complexity index is 1630. The molecule has 1 N–H and O–H groups in total. The lowest BCUT2D eigenvalue weighted by molar-refractivity contribution is -0.389. The highest BCUT2D eigenvalue weighted by Crippen LogP contribution is 2.58. The van der Waals surface area contributed by atoms with Gasteiger partial charge in [0.2, 0.25) is 0 Å². The molecule has 1 atom stereocenters. The number of anilines is 1. The Morgan fingerprint density at radius 1 is 0.795 bits per heavy atom. The molecule has 0 saturated carbocycles. The Labute approximate surface area is 242 Å². The van der Waals surface area contributed by atoms with E-state index in [4.69, 9.17) is 0 Å². The lowest BCUT2D eigenvalue weighted by atomic mass is 9.85. The summed E-state index contributed by atoms with van der Waals surface area (Å²) in [5, 5.41) is 2.24. The van der Waals surface area contributed by atoms with Gasteiger partial charge in [-0.15, -0.1) is 0 Å². The maximum Gasteiger partial charge on any atom is 0.457 e. The number of nitrogens with zero attached hydrogens (tertiary/aromatic N) is 1. The molecule has 0 fully saturated rings. The minimum absolute atomic E-state index is 0.119. The van der Waals surface area contributed by atoms with Crippen LogP contribution in [0.5, 0.6) is 0 Å². The molecule has 3 aromatic carbocycles. The fourth-order valence-corrected chi connectivity index (χ4v) is 4.79. The SMILES string of the molecule is CCc1cc(C(F)(C(F)(F)F)C(F)(F)C(F)(F)F)cc(C)c1NC(=O)c1ccc(CN2C(=O)c3ccccc3C2=O)c(F)c1. The van der Waals surface area contributed by atoms with Crippen molar-refractivity contribution in [2.24, 2.45) is 0 Å². The molecule has 3 amide bonds. The molecule has 0 radical (unpaired) electrons. The van der Waals surface area contributed by atoms with E-state index in [1.54, 1.807) is 12.1 Å². The monoisotopic (exact) mass is 634 g/mol. The van der Waals surface area contributed by atoms with E-state index in [0.717, 1.165) is 30.0 Å². The average molecular weight is 634 g/mol. The largest absolute Gasteiger partial charge is 0.457 e. The third-order valence-corrected chi connectivity index (χ3v) is 7.14. The molecule has 0 spiro atoms.